The first-order valence-electron chi connectivity index (χ1n) is 3.88. The summed E-state index contributed by atoms with van der Waals surface area (Å²) in [5.41, 5.74) is 0. The van der Waals surface area contributed by atoms with Crippen LogP contribution in [0.2, 0.25) is 0 Å². The van der Waals surface area contributed by atoms with Crippen LogP contribution < -0.4 is 29.6 Å². The van der Waals surface area contributed by atoms with E-state index >= 15 is 0 Å². The van der Waals surface area contributed by atoms with Crippen LogP contribution in [0.3, 0.4) is 0 Å². The van der Waals surface area contributed by atoms with Gasteiger partial charge in [0.05, 0.1) is 6.54 Å². The molecule has 1 N–H and O–H groups in total. The second-order valence-corrected chi connectivity index (χ2v) is 2.95. The fourth-order valence-corrected chi connectivity index (χ4v) is 1.34. The van der Waals surface area contributed by atoms with Gasteiger partial charge in [0, 0.05) is 6.92 Å². The van der Waals surface area contributed by atoms with E-state index in [-0.39, 0.29) is 37.2 Å². The van der Waals surface area contributed by atoms with Crippen LogP contribution in [0, 0.1) is 0 Å². The predicted octanol–water partition coefficient (Wildman–Crippen LogP) is -2.51. The van der Waals surface area contributed by atoms with Crippen molar-refractivity contribution >= 4 is 6.34 Å². The van der Waals surface area contributed by atoms with Crippen LogP contribution in [-0.4, -0.2) is 41.8 Å². The molecule has 0 fully saturated rings. The summed E-state index contributed by atoms with van der Waals surface area (Å²) in [6, 6.07) is 0. The first-order chi connectivity index (χ1) is 5.21. The number of rotatable bonds is 3. The number of hydrogen-bond donors (Lipinski definition) is 1. The third kappa shape index (κ3) is 2.41. The van der Waals surface area contributed by atoms with E-state index in [0.29, 0.717) is 4.48 Å². The monoisotopic (exact) mass is 179 g/mol. The Hall–Kier alpha value is 0.330. The van der Waals surface area contributed by atoms with Gasteiger partial charge in [-0.25, -0.2) is 4.99 Å². The average molecular weight is 179 g/mol. The van der Waals surface area contributed by atoms with Crippen molar-refractivity contribution in [3.63, 3.8) is 0 Å². The molecule has 0 aliphatic carbocycles. The molecule has 0 aromatic heterocycles. The second kappa shape index (κ2) is 5.14. The van der Waals surface area contributed by atoms with E-state index in [1.165, 1.54) is 0 Å². The Kier molecular flexibility index (Phi) is 5.29. The Bertz CT molecular complexity index is 187. The normalized spacial score (nSPS) is 29.5. The van der Waals surface area contributed by atoms with Gasteiger partial charge in [0.15, 0.2) is 12.6 Å². The quantitative estimate of drug-likeness (QED) is 0.290. The third-order valence-corrected chi connectivity index (χ3v) is 2.17. The van der Waals surface area contributed by atoms with E-state index in [4.69, 9.17) is 0 Å². The van der Waals surface area contributed by atoms with Gasteiger partial charge in [-0.2, -0.15) is 0 Å². The van der Waals surface area contributed by atoms with E-state index in [9.17, 15) is 5.11 Å². The number of nitrogens with zero attached hydrogens (tertiary/aromatic N) is 2. The molecule has 3 nitrogen and oxygen atoms in total. The molecule has 4 heteroatoms. The van der Waals surface area contributed by atoms with Crippen LogP contribution in [0.15, 0.2) is 17.6 Å². The van der Waals surface area contributed by atoms with Crippen molar-refractivity contribution in [2.75, 3.05) is 19.6 Å². The Labute approximate surface area is 97.2 Å². The molecule has 0 amide bonds. The summed E-state index contributed by atoms with van der Waals surface area (Å²) in [4.78, 5) is 4.12. The molecule has 0 aromatic carbocycles. The Balaban J connectivity index is 0. The number of hydrogen-bond acceptors (Lipinski definition) is 2. The Morgan fingerprint density at radius 1 is 1.92 bits per heavy atom. The molecule has 64 valence electrons. The fraction of sp³-hybridized carbons (Fsp3) is 0.625. The van der Waals surface area contributed by atoms with Crippen molar-refractivity contribution in [3.8, 4) is 0 Å². The maximum Gasteiger partial charge on any atom is 1.00 e. The van der Waals surface area contributed by atoms with Gasteiger partial charge in [0.2, 0.25) is 0 Å². The van der Waals surface area contributed by atoms with Crippen LogP contribution in [0.4, 0.5) is 0 Å². The first kappa shape index (κ1) is 12.3. The van der Waals surface area contributed by atoms with Crippen LogP contribution >= 0.6 is 0 Å². The molecular formula is C8H16N2NaO+. The minimum atomic E-state index is -0.376. The van der Waals surface area contributed by atoms with Crippen LogP contribution in [-0.2, 0) is 0 Å². The summed E-state index contributed by atoms with van der Waals surface area (Å²) in [6.07, 6.45) is 3.27. The van der Waals surface area contributed by atoms with E-state index in [2.05, 4.69) is 11.6 Å². The van der Waals surface area contributed by atoms with Gasteiger partial charge in [-0.05, 0) is 6.08 Å². The molecule has 0 bridgehead atoms. The largest absolute Gasteiger partial charge is 1.00 e. The van der Waals surface area contributed by atoms with Crippen LogP contribution in [0.1, 0.15) is 8.35 Å². The molecule has 2 atom stereocenters. The van der Waals surface area contributed by atoms with Gasteiger partial charge < -0.3 is 6.53 Å². The molecule has 0 aromatic rings. The molecule has 0 radical (unpaired) electrons. The van der Waals surface area contributed by atoms with Crippen molar-refractivity contribution in [2.45, 2.75) is 13.2 Å². The zero-order chi connectivity index (χ0) is 8.32. The minimum Gasteiger partial charge on any atom is -1.00 e. The van der Waals surface area contributed by atoms with E-state index < -0.39 is 0 Å². The maximum absolute atomic E-state index is 9.47. The Morgan fingerprint density at radius 3 is 2.92 bits per heavy atom. The zero-order valence-corrected chi connectivity index (χ0v) is 9.90. The van der Waals surface area contributed by atoms with Crippen molar-refractivity contribution in [2.24, 2.45) is 4.99 Å². The number of quaternary nitrogens is 1. The molecule has 0 saturated carbocycles. The smallest absolute Gasteiger partial charge is 1.00 e. The maximum atomic E-state index is 9.47. The van der Waals surface area contributed by atoms with Crippen molar-refractivity contribution in [1.29, 1.82) is 0 Å². The standard InChI is InChI=1S/C8H15N2O.Na.H/c1-3-5-10(8(2)11)6-4-9-7-10;;/h3,7-8,11H,1,4-6H2,2H3;;/q2*+1;-1. The topological polar surface area (TPSA) is 32.6 Å². The van der Waals surface area contributed by atoms with E-state index in [1.807, 2.05) is 12.4 Å². The molecule has 2 unspecified atom stereocenters. The molecular weight excluding hydrogens is 163 g/mol. The van der Waals surface area contributed by atoms with Crippen molar-refractivity contribution in [3.05, 3.63) is 12.7 Å². The molecule has 1 rings (SSSR count). The molecule has 0 spiro atoms. The molecule has 1 aliphatic heterocycles. The van der Waals surface area contributed by atoms with E-state index in [0.717, 1.165) is 19.6 Å². The summed E-state index contributed by atoms with van der Waals surface area (Å²) in [7, 11) is 0. The number of aliphatic hydroxyl groups is 1. The van der Waals surface area contributed by atoms with Gasteiger partial charge in [-0.1, -0.05) is 6.58 Å². The molecule has 1 heterocycles. The zero-order valence-electron chi connectivity index (χ0n) is 8.90. The van der Waals surface area contributed by atoms with Crippen molar-refractivity contribution in [1.82, 2.24) is 0 Å². The summed E-state index contributed by atoms with van der Waals surface area (Å²) in [6.45, 7) is 7.93. The van der Waals surface area contributed by atoms with Gasteiger partial charge >= 0.3 is 29.6 Å². The minimum absolute atomic E-state index is 0. The van der Waals surface area contributed by atoms with Gasteiger partial charge in [0.25, 0.3) is 0 Å². The third-order valence-electron chi connectivity index (χ3n) is 2.17. The number of aliphatic imine (C=N–C) groups is 1. The second-order valence-electron chi connectivity index (χ2n) is 2.95. The van der Waals surface area contributed by atoms with Crippen LogP contribution in [0.5, 0.6) is 0 Å². The van der Waals surface area contributed by atoms with Gasteiger partial charge in [-0.15, -0.1) is 0 Å². The van der Waals surface area contributed by atoms with Crippen molar-refractivity contribution < 1.29 is 40.6 Å². The fourth-order valence-electron chi connectivity index (χ4n) is 1.34. The average Bonchev–Trinajstić information content (AvgIpc) is 2.38. The summed E-state index contributed by atoms with van der Waals surface area (Å²) >= 11 is 0. The molecule has 12 heavy (non-hydrogen) atoms. The Morgan fingerprint density at radius 2 is 2.58 bits per heavy atom. The van der Waals surface area contributed by atoms with Gasteiger partial charge in [-0.3, -0.25) is 4.48 Å². The summed E-state index contributed by atoms with van der Waals surface area (Å²) in [5, 5.41) is 9.47. The van der Waals surface area contributed by atoms with Gasteiger partial charge in [0.1, 0.15) is 13.1 Å². The molecule has 0 saturated heterocycles. The van der Waals surface area contributed by atoms with E-state index in [1.54, 1.807) is 6.92 Å². The summed E-state index contributed by atoms with van der Waals surface area (Å²) in [5.74, 6) is 0. The predicted molar refractivity (Wildman–Crippen MR) is 46.3 cm³/mol. The SMILES string of the molecule is C=CC[N+]1(C(C)O)C=NCC1.[H-].[Na+]. The first-order valence-corrected chi connectivity index (χ1v) is 3.88. The summed E-state index contributed by atoms with van der Waals surface area (Å²) < 4.78 is 0.545. The number of aliphatic hydroxyl groups excluding tert-OH is 1. The molecule has 1 aliphatic rings. The van der Waals surface area contributed by atoms with Crippen LogP contribution in [0.25, 0.3) is 0 Å².